The molecule has 2 aliphatic rings. The van der Waals surface area contributed by atoms with E-state index in [1.165, 1.54) is 26.0 Å². The summed E-state index contributed by atoms with van der Waals surface area (Å²) in [7, 11) is 2.81. The lowest BCUT2D eigenvalue weighted by molar-refractivity contribution is -0.136. The monoisotopic (exact) mass is 474 g/mol. The maximum Gasteiger partial charge on any atom is 0.338 e. The molecule has 1 aliphatic carbocycles. The molecule has 1 aromatic carbocycles. The Morgan fingerprint density at radius 3 is 2.79 bits per heavy atom. The van der Waals surface area contributed by atoms with Crippen molar-refractivity contribution in [2.75, 3.05) is 20.0 Å². The second-order valence-corrected chi connectivity index (χ2v) is 8.69. The van der Waals surface area contributed by atoms with E-state index < -0.39 is 11.9 Å². The van der Waals surface area contributed by atoms with Crippen LogP contribution in [0.5, 0.6) is 5.75 Å². The molecule has 0 amide bonds. The predicted molar refractivity (Wildman–Crippen MR) is 124 cm³/mol. The Bertz CT molecular complexity index is 1300. The van der Waals surface area contributed by atoms with Crippen molar-refractivity contribution < 1.29 is 19.0 Å². The van der Waals surface area contributed by atoms with Crippen LogP contribution in [0.4, 0.5) is 0 Å². The summed E-state index contributed by atoms with van der Waals surface area (Å²) in [6.45, 7) is 0. The number of carbonyl (C=O) groups excluding carboxylic acids is 1. The fraction of sp³-hybridized carbons (Fsp3) is 0.280. The summed E-state index contributed by atoms with van der Waals surface area (Å²) in [5, 5.41) is 20.0. The number of pyridine rings is 1. The van der Waals surface area contributed by atoms with Crippen LogP contribution in [0.3, 0.4) is 0 Å². The number of hydrogen-bond donors (Lipinski definition) is 1. The maximum absolute atomic E-state index is 12.9. The SMILES string of the molecule is COC(=O)C1=C(CSc2nc3c(cc2C#N)CCC3)OC(N)=C(C#N)[C@H]1c1cccc(OC)c1. The lowest BCUT2D eigenvalue weighted by Gasteiger charge is -2.28. The molecule has 1 aliphatic heterocycles. The molecular formula is C25H22N4O4S. The number of aromatic nitrogens is 1. The van der Waals surface area contributed by atoms with Crippen LogP contribution in [0.1, 0.15) is 34.7 Å². The molecule has 172 valence electrons. The first-order valence-electron chi connectivity index (χ1n) is 10.6. The van der Waals surface area contributed by atoms with Crippen LogP contribution in [0.2, 0.25) is 0 Å². The van der Waals surface area contributed by atoms with E-state index in [2.05, 4.69) is 17.1 Å². The second kappa shape index (κ2) is 9.90. The van der Waals surface area contributed by atoms with Crippen molar-refractivity contribution in [2.24, 2.45) is 5.73 Å². The minimum Gasteiger partial charge on any atom is -0.497 e. The van der Waals surface area contributed by atoms with Gasteiger partial charge in [-0.25, -0.2) is 9.78 Å². The molecule has 9 heteroatoms. The van der Waals surface area contributed by atoms with Crippen molar-refractivity contribution in [3.8, 4) is 17.9 Å². The molecule has 0 unspecified atom stereocenters. The van der Waals surface area contributed by atoms with E-state index in [1.54, 1.807) is 24.3 Å². The van der Waals surface area contributed by atoms with E-state index in [9.17, 15) is 15.3 Å². The molecular weight excluding hydrogens is 452 g/mol. The van der Waals surface area contributed by atoms with Gasteiger partial charge in [-0.2, -0.15) is 10.5 Å². The summed E-state index contributed by atoms with van der Waals surface area (Å²) < 4.78 is 16.1. The van der Waals surface area contributed by atoms with Gasteiger partial charge in [0.1, 0.15) is 34.2 Å². The van der Waals surface area contributed by atoms with Crippen LogP contribution in [-0.4, -0.2) is 30.9 Å². The van der Waals surface area contributed by atoms with Crippen LogP contribution in [0.25, 0.3) is 0 Å². The van der Waals surface area contributed by atoms with Crippen LogP contribution in [-0.2, 0) is 27.1 Å². The molecule has 4 rings (SSSR count). The Kier molecular flexibility index (Phi) is 6.76. The lowest BCUT2D eigenvalue weighted by Crippen LogP contribution is -2.26. The second-order valence-electron chi connectivity index (χ2n) is 7.73. The Morgan fingerprint density at radius 1 is 1.26 bits per heavy atom. The molecule has 2 aromatic rings. The van der Waals surface area contributed by atoms with Gasteiger partial charge in [0.2, 0.25) is 5.88 Å². The van der Waals surface area contributed by atoms with Gasteiger partial charge in [-0.05, 0) is 48.6 Å². The molecule has 1 aromatic heterocycles. The smallest absolute Gasteiger partial charge is 0.338 e. The number of aryl methyl sites for hydroxylation is 2. The van der Waals surface area contributed by atoms with Gasteiger partial charge in [0.25, 0.3) is 0 Å². The normalized spacial score (nSPS) is 16.9. The first-order valence-corrected chi connectivity index (χ1v) is 11.6. The molecule has 2 N–H and O–H groups in total. The standard InChI is InChI=1S/C25H22N4O4S/c1-31-17-7-3-6-15(10-17)21-18(12-27)23(28)33-20(22(21)25(30)32-2)13-34-24-16(11-26)9-14-5-4-8-19(14)29-24/h3,6-7,9-10,21H,4-5,8,13,28H2,1-2H3/t21-/m1/s1. The highest BCUT2D eigenvalue weighted by Crippen LogP contribution is 2.42. The van der Waals surface area contributed by atoms with E-state index >= 15 is 0 Å². The van der Waals surface area contributed by atoms with Gasteiger partial charge in [0.05, 0.1) is 37.0 Å². The fourth-order valence-electron chi connectivity index (χ4n) is 4.19. The first-order chi connectivity index (χ1) is 16.5. The van der Waals surface area contributed by atoms with E-state index in [-0.39, 0.29) is 28.5 Å². The first kappa shape index (κ1) is 23.2. The van der Waals surface area contributed by atoms with Crippen molar-refractivity contribution >= 4 is 17.7 Å². The summed E-state index contributed by atoms with van der Waals surface area (Å²) in [6.07, 6.45) is 2.81. The molecule has 0 bridgehead atoms. The molecule has 34 heavy (non-hydrogen) atoms. The van der Waals surface area contributed by atoms with Crippen molar-refractivity contribution in [1.29, 1.82) is 10.5 Å². The third-order valence-electron chi connectivity index (χ3n) is 5.81. The van der Waals surface area contributed by atoms with E-state index in [0.29, 0.717) is 21.9 Å². The Morgan fingerprint density at radius 2 is 2.09 bits per heavy atom. The number of carbonyl (C=O) groups is 1. The quantitative estimate of drug-likeness (QED) is 0.494. The van der Waals surface area contributed by atoms with Crippen LogP contribution in [0.15, 0.2) is 58.1 Å². The number of esters is 1. The molecule has 0 spiro atoms. The minimum atomic E-state index is -0.791. The highest BCUT2D eigenvalue weighted by molar-refractivity contribution is 7.99. The Hall–Kier alpha value is -3.95. The third-order valence-corrected chi connectivity index (χ3v) is 6.80. The molecule has 0 saturated heterocycles. The molecule has 0 radical (unpaired) electrons. The van der Waals surface area contributed by atoms with E-state index in [4.69, 9.17) is 19.9 Å². The number of methoxy groups -OCH3 is 2. The highest BCUT2D eigenvalue weighted by Gasteiger charge is 2.37. The zero-order valence-corrected chi connectivity index (χ0v) is 19.6. The topological polar surface area (TPSA) is 131 Å². The predicted octanol–water partition coefficient (Wildman–Crippen LogP) is 3.48. The van der Waals surface area contributed by atoms with Crippen LogP contribution >= 0.6 is 11.8 Å². The molecule has 0 fully saturated rings. The summed E-state index contributed by atoms with van der Waals surface area (Å²) in [5.41, 5.74) is 9.62. The van der Waals surface area contributed by atoms with Crippen molar-refractivity contribution in [2.45, 2.75) is 30.2 Å². The maximum atomic E-state index is 12.9. The zero-order valence-electron chi connectivity index (χ0n) is 18.8. The van der Waals surface area contributed by atoms with Crippen LogP contribution < -0.4 is 10.5 Å². The van der Waals surface area contributed by atoms with Crippen molar-refractivity contribution in [3.05, 3.63) is 75.5 Å². The van der Waals surface area contributed by atoms with Gasteiger partial charge in [0.15, 0.2) is 0 Å². The van der Waals surface area contributed by atoms with Crippen molar-refractivity contribution in [1.82, 2.24) is 4.98 Å². The number of ether oxygens (including phenoxy) is 3. The van der Waals surface area contributed by atoms with Gasteiger partial charge in [-0.15, -0.1) is 0 Å². The largest absolute Gasteiger partial charge is 0.497 e. The lowest BCUT2D eigenvalue weighted by atomic mass is 9.83. The summed E-state index contributed by atoms with van der Waals surface area (Å²) in [4.78, 5) is 17.6. The molecule has 2 heterocycles. The summed E-state index contributed by atoms with van der Waals surface area (Å²) in [5.74, 6) is -0.508. The fourth-order valence-corrected chi connectivity index (χ4v) is 5.11. The Balaban J connectivity index is 1.77. The average molecular weight is 475 g/mol. The number of nitrogens with zero attached hydrogens (tertiary/aromatic N) is 3. The minimum absolute atomic E-state index is 0.0824. The van der Waals surface area contributed by atoms with Gasteiger partial charge >= 0.3 is 5.97 Å². The number of thioether (sulfide) groups is 1. The third kappa shape index (κ3) is 4.30. The number of benzene rings is 1. The van der Waals surface area contributed by atoms with Gasteiger partial charge in [0, 0.05) is 5.69 Å². The highest BCUT2D eigenvalue weighted by atomic mass is 32.2. The number of nitrogens with two attached hydrogens (primary N) is 1. The number of rotatable bonds is 6. The van der Waals surface area contributed by atoms with Gasteiger partial charge in [-0.3, -0.25) is 0 Å². The molecule has 8 nitrogen and oxygen atoms in total. The average Bonchev–Trinajstić information content (AvgIpc) is 3.33. The van der Waals surface area contributed by atoms with Crippen LogP contribution in [0, 0.1) is 22.7 Å². The number of fused-ring (bicyclic) bond motifs is 1. The van der Waals surface area contributed by atoms with Gasteiger partial charge in [-0.1, -0.05) is 23.9 Å². The number of allylic oxidation sites excluding steroid dienone is 1. The molecule has 0 saturated carbocycles. The number of nitriles is 2. The molecule has 1 atom stereocenters. The zero-order chi connectivity index (χ0) is 24.2. The van der Waals surface area contributed by atoms with E-state index in [1.807, 2.05) is 6.07 Å². The summed E-state index contributed by atoms with van der Waals surface area (Å²) >= 11 is 1.28. The van der Waals surface area contributed by atoms with E-state index in [0.717, 1.165) is 30.5 Å². The number of hydrogen-bond acceptors (Lipinski definition) is 9. The summed E-state index contributed by atoms with van der Waals surface area (Å²) in [6, 6.07) is 13.2. The Labute approximate surface area is 201 Å². The van der Waals surface area contributed by atoms with Gasteiger partial charge < -0.3 is 19.9 Å². The van der Waals surface area contributed by atoms with Crippen molar-refractivity contribution in [3.63, 3.8) is 0 Å².